The first-order chi connectivity index (χ1) is 19.8. The van der Waals surface area contributed by atoms with Crippen LogP contribution in [0, 0.1) is 18.6 Å². The zero-order valence-electron chi connectivity index (χ0n) is 22.1. The van der Waals surface area contributed by atoms with Crippen molar-refractivity contribution in [3.05, 3.63) is 88.6 Å². The van der Waals surface area contributed by atoms with E-state index in [4.69, 9.17) is 11.6 Å². The molecule has 2 atom stereocenters. The molecule has 1 saturated heterocycles. The summed E-state index contributed by atoms with van der Waals surface area (Å²) in [6.45, 7) is 1.71. The zero-order valence-corrected chi connectivity index (χ0v) is 23.7. The lowest BCUT2D eigenvalue weighted by Gasteiger charge is -2.39. The summed E-state index contributed by atoms with van der Waals surface area (Å²) >= 11 is 6.44. The summed E-state index contributed by atoms with van der Waals surface area (Å²) in [6.07, 6.45) is -0.0776. The highest BCUT2D eigenvalue weighted by atomic mass is 35.5. The fraction of sp³-hybridized carbons (Fsp3) is 0.321. The number of anilines is 2. The van der Waals surface area contributed by atoms with Crippen LogP contribution in [0.1, 0.15) is 36.4 Å². The molecule has 2 aromatic carbocycles. The Kier molecular flexibility index (Phi) is 7.92. The molecule has 222 valence electrons. The highest BCUT2D eigenvalue weighted by molar-refractivity contribution is 7.93. The number of nitrogens with zero attached hydrogens (tertiary/aromatic N) is 3. The molecule has 2 amide bonds. The highest BCUT2D eigenvalue weighted by Gasteiger charge is 2.49. The van der Waals surface area contributed by atoms with Gasteiger partial charge < -0.3 is 5.32 Å². The summed E-state index contributed by atoms with van der Waals surface area (Å²) < 4.78 is 82.9. The lowest BCUT2D eigenvalue weighted by atomic mass is 9.87. The molecule has 1 N–H and O–H groups in total. The second-order valence-electron chi connectivity index (χ2n) is 10.3. The van der Waals surface area contributed by atoms with Crippen LogP contribution in [0.25, 0.3) is 0 Å². The van der Waals surface area contributed by atoms with Crippen molar-refractivity contribution in [2.24, 2.45) is 0 Å². The second-order valence-corrected chi connectivity index (χ2v) is 12.7. The number of carbonyl (C=O) groups excluding carboxylic acids is 2. The number of carbonyl (C=O) groups is 2. The van der Waals surface area contributed by atoms with Gasteiger partial charge in [0, 0.05) is 47.4 Å². The molecule has 1 aliphatic heterocycles. The minimum Gasteiger partial charge on any atom is -0.351 e. The van der Waals surface area contributed by atoms with Crippen molar-refractivity contribution in [2.45, 2.75) is 50.2 Å². The van der Waals surface area contributed by atoms with E-state index in [0.29, 0.717) is 11.6 Å². The molecule has 0 bridgehead atoms. The first-order valence-electron chi connectivity index (χ1n) is 12.9. The van der Waals surface area contributed by atoms with Gasteiger partial charge in [-0.3, -0.25) is 14.5 Å². The Bertz CT molecular complexity index is 1650. The van der Waals surface area contributed by atoms with Crippen LogP contribution in [0.5, 0.6) is 0 Å². The molecule has 2 fully saturated rings. The first kappa shape index (κ1) is 29.8. The Morgan fingerprint density at radius 2 is 1.81 bits per heavy atom. The normalized spacial score (nSPS) is 20.0. The van der Waals surface area contributed by atoms with Crippen LogP contribution in [0.4, 0.5) is 29.1 Å². The number of sulfonamides is 1. The Labute approximate surface area is 244 Å². The average molecular weight is 625 g/mol. The molecule has 14 heteroatoms. The lowest BCUT2D eigenvalue weighted by molar-refractivity contribution is -0.133. The first-order valence-corrected chi connectivity index (χ1v) is 14.9. The average Bonchev–Trinajstić information content (AvgIpc) is 3.23. The molecule has 3 aromatic rings. The van der Waals surface area contributed by atoms with Crippen LogP contribution >= 0.6 is 11.6 Å². The Hall–Kier alpha value is -3.71. The van der Waals surface area contributed by atoms with Gasteiger partial charge in [0.25, 0.3) is 11.8 Å². The Morgan fingerprint density at radius 3 is 2.45 bits per heavy atom. The van der Waals surface area contributed by atoms with E-state index < -0.39 is 76.1 Å². The van der Waals surface area contributed by atoms with Gasteiger partial charge in [0.05, 0.1) is 5.75 Å². The minimum absolute atomic E-state index is 0.0215. The molecule has 8 nitrogen and oxygen atoms in total. The lowest BCUT2D eigenvalue weighted by Crippen LogP contribution is -2.56. The smallest absolute Gasteiger partial charge is 0.252 e. The van der Waals surface area contributed by atoms with Gasteiger partial charge in [-0.05, 0) is 49.2 Å². The van der Waals surface area contributed by atoms with Gasteiger partial charge in [-0.1, -0.05) is 29.8 Å². The molecule has 1 aliphatic carbocycles. The minimum atomic E-state index is -4.05. The zero-order chi connectivity index (χ0) is 30.4. The Balaban J connectivity index is 1.65. The molecule has 0 radical (unpaired) electrons. The number of amides is 2. The third-order valence-corrected chi connectivity index (χ3v) is 9.34. The maximum atomic E-state index is 14.6. The predicted octanol–water partition coefficient (Wildman–Crippen LogP) is 4.92. The van der Waals surface area contributed by atoms with Gasteiger partial charge in [0.1, 0.15) is 17.9 Å². The van der Waals surface area contributed by atoms with Crippen molar-refractivity contribution in [1.82, 2.24) is 10.3 Å². The number of nitrogens with one attached hydrogen (secondary N) is 1. The topological polar surface area (TPSA) is 99.7 Å². The van der Waals surface area contributed by atoms with E-state index in [1.165, 1.54) is 30.5 Å². The predicted molar refractivity (Wildman–Crippen MR) is 148 cm³/mol. The van der Waals surface area contributed by atoms with E-state index in [1.54, 1.807) is 19.1 Å². The summed E-state index contributed by atoms with van der Waals surface area (Å²) in [6, 6.07) is 7.55. The van der Waals surface area contributed by atoms with Crippen molar-refractivity contribution in [1.29, 1.82) is 0 Å². The number of hydrogen-bond donors (Lipinski definition) is 1. The van der Waals surface area contributed by atoms with Crippen LogP contribution in [-0.2, 0) is 19.6 Å². The summed E-state index contributed by atoms with van der Waals surface area (Å²) in [5, 5.41) is 2.52. The van der Waals surface area contributed by atoms with Gasteiger partial charge >= 0.3 is 0 Å². The van der Waals surface area contributed by atoms with Crippen LogP contribution in [-0.4, -0.2) is 49.0 Å². The van der Waals surface area contributed by atoms with Gasteiger partial charge in [-0.25, -0.2) is 35.3 Å². The van der Waals surface area contributed by atoms with Crippen LogP contribution in [0.15, 0.2) is 60.8 Å². The van der Waals surface area contributed by atoms with Gasteiger partial charge in [-0.2, -0.15) is 0 Å². The highest BCUT2D eigenvalue weighted by Crippen LogP contribution is 2.40. The number of pyridine rings is 1. The van der Waals surface area contributed by atoms with E-state index in [9.17, 15) is 35.6 Å². The van der Waals surface area contributed by atoms with E-state index in [-0.39, 0.29) is 28.5 Å². The number of hydrogen-bond acceptors (Lipinski definition) is 5. The van der Waals surface area contributed by atoms with E-state index in [0.717, 1.165) is 21.3 Å². The summed E-state index contributed by atoms with van der Waals surface area (Å²) in [4.78, 5) is 33.2. The van der Waals surface area contributed by atoms with E-state index in [1.807, 2.05) is 0 Å². The molecule has 1 saturated carbocycles. The van der Waals surface area contributed by atoms with Crippen molar-refractivity contribution >= 4 is 44.9 Å². The molecular weight excluding hydrogens is 600 g/mol. The maximum absolute atomic E-state index is 14.6. The monoisotopic (exact) mass is 624 g/mol. The molecule has 2 heterocycles. The number of halogens is 5. The fourth-order valence-corrected chi connectivity index (χ4v) is 7.10. The van der Waals surface area contributed by atoms with Gasteiger partial charge in [0.2, 0.25) is 15.9 Å². The van der Waals surface area contributed by atoms with Crippen LogP contribution < -0.4 is 14.5 Å². The molecular formula is C28H25ClF4N4O4S. The summed E-state index contributed by atoms with van der Waals surface area (Å²) in [5.74, 6) is -7.86. The number of benzene rings is 2. The van der Waals surface area contributed by atoms with Crippen LogP contribution in [0.2, 0.25) is 5.02 Å². The number of aryl methyl sites for hydroxylation is 1. The molecule has 1 unspecified atom stereocenters. The quantitative estimate of drug-likeness (QED) is 0.377. The van der Waals surface area contributed by atoms with Crippen LogP contribution in [0.3, 0.4) is 0 Å². The second kappa shape index (κ2) is 11.2. The molecule has 42 heavy (non-hydrogen) atoms. The van der Waals surface area contributed by atoms with Gasteiger partial charge in [-0.15, -0.1) is 0 Å². The number of aromatic nitrogens is 1. The van der Waals surface area contributed by atoms with Crippen molar-refractivity contribution < 1.29 is 35.6 Å². The molecule has 5 rings (SSSR count). The Morgan fingerprint density at radius 1 is 1.10 bits per heavy atom. The largest absolute Gasteiger partial charge is 0.351 e. The third-order valence-electron chi connectivity index (χ3n) is 7.21. The summed E-state index contributed by atoms with van der Waals surface area (Å²) in [7, 11) is -4.05. The third kappa shape index (κ3) is 5.80. The molecule has 1 aromatic heterocycles. The van der Waals surface area contributed by atoms with E-state index >= 15 is 0 Å². The van der Waals surface area contributed by atoms with Crippen molar-refractivity contribution in [3.63, 3.8) is 0 Å². The summed E-state index contributed by atoms with van der Waals surface area (Å²) in [5.41, 5.74) is 0.442. The van der Waals surface area contributed by atoms with Crippen molar-refractivity contribution in [2.75, 3.05) is 15.0 Å². The SMILES string of the molecule is Cc1ccnc(N2[C@H](C(=O)N(c3ccc(F)c(F)c3)C(C(=O)NC3CC(F)(F)C3)c3ccccc3Cl)CCS2(=O)=O)c1. The maximum Gasteiger partial charge on any atom is 0.252 e. The number of alkyl halides is 2. The van der Waals surface area contributed by atoms with E-state index in [2.05, 4.69) is 10.3 Å². The van der Waals surface area contributed by atoms with Gasteiger partial charge in [0.15, 0.2) is 11.6 Å². The number of rotatable bonds is 7. The molecule has 0 spiro atoms. The van der Waals surface area contributed by atoms with Crippen molar-refractivity contribution in [3.8, 4) is 0 Å². The standard InChI is InChI=1S/C28H25ClF4N4O4S/c1-16-8-10-34-24(12-16)37-23(9-11-42(37,40)41)27(39)36(18-6-7-21(30)22(31)13-18)25(19-4-2-3-5-20(19)29)26(38)35-17-14-28(32,33)15-17/h2-8,10,12-13,17,23,25H,9,11,14-15H2,1H3,(H,35,38)/t23-,25?/m0/s1. The fourth-order valence-electron chi connectivity index (χ4n) is 5.17. The molecule has 2 aliphatic rings.